The maximum atomic E-state index is 12.8. The third kappa shape index (κ3) is 2.54. The van der Waals surface area contributed by atoms with Gasteiger partial charge < -0.3 is 10.1 Å². The van der Waals surface area contributed by atoms with E-state index in [1.807, 2.05) is 0 Å². The molecule has 0 amide bonds. The zero-order chi connectivity index (χ0) is 17.6. The minimum atomic E-state index is -4.13. The third-order valence-corrected chi connectivity index (χ3v) is 6.51. The Morgan fingerprint density at radius 1 is 1.17 bits per heavy atom. The van der Waals surface area contributed by atoms with Gasteiger partial charge in [-0.2, -0.15) is 9.38 Å². The predicted octanol–water partition coefficient (Wildman–Crippen LogP) is 3.91. The number of halogens is 2. The first-order valence-corrected chi connectivity index (χ1v) is 9.63. The van der Waals surface area contributed by atoms with Gasteiger partial charge in [0, 0.05) is 0 Å². The normalized spacial score (nSPS) is 11.8. The van der Waals surface area contributed by atoms with Crippen LogP contribution in [0.3, 0.4) is 0 Å². The number of imidazole rings is 1. The number of rotatable bonds is 3. The van der Waals surface area contributed by atoms with Gasteiger partial charge in [-0.1, -0.05) is 18.2 Å². The molecule has 7 nitrogen and oxygen atoms in total. The van der Waals surface area contributed by atoms with Crippen molar-refractivity contribution in [2.45, 2.75) is 16.8 Å². The summed E-state index contributed by atoms with van der Waals surface area (Å²) in [6.45, 7) is 1.64. The highest BCUT2D eigenvalue weighted by Gasteiger charge is 2.35. The van der Waals surface area contributed by atoms with E-state index in [0.29, 0.717) is 14.6 Å². The van der Waals surface area contributed by atoms with Gasteiger partial charge in [0.05, 0.1) is 13.8 Å². The van der Waals surface area contributed by atoms with Gasteiger partial charge in [0.2, 0.25) is 15.5 Å². The second kappa shape index (κ2) is 5.94. The van der Waals surface area contributed by atoms with Crippen molar-refractivity contribution in [3.8, 4) is 0 Å². The molecule has 0 aliphatic rings. The number of hydrogen-bond donors (Lipinski definition) is 0. The summed E-state index contributed by atoms with van der Waals surface area (Å²) < 4.78 is 27.9. The Bertz CT molecular complexity index is 1080. The van der Waals surface area contributed by atoms with Crippen molar-refractivity contribution < 1.29 is 13.3 Å². The van der Waals surface area contributed by atoms with Crippen LogP contribution in [-0.2, 0) is 9.84 Å². The lowest BCUT2D eigenvalue weighted by molar-refractivity contribution is -0.393. The average molecular weight is 475 g/mol. The standard InChI is InChI=1S/C14H9Br2N3O4S/c1-8-10(15)7-11(16)12-17-13(14(18(8)12)19(20)21)24(22,23)9-5-3-2-4-6-9/h2-7H,1H3. The second-order valence-corrected chi connectivity index (χ2v) is 8.47. The van der Waals surface area contributed by atoms with Gasteiger partial charge in [-0.05, 0) is 61.9 Å². The zero-order valence-corrected chi connectivity index (χ0v) is 16.1. The first kappa shape index (κ1) is 17.1. The lowest BCUT2D eigenvalue weighted by atomic mass is 10.4. The number of sulfone groups is 1. The molecule has 0 spiro atoms. The summed E-state index contributed by atoms with van der Waals surface area (Å²) in [5.41, 5.74) is 0.638. The molecule has 3 rings (SSSR count). The molecule has 2 heterocycles. The van der Waals surface area contributed by atoms with E-state index in [0.717, 1.165) is 0 Å². The molecule has 0 N–H and O–H groups in total. The Kier molecular flexibility index (Phi) is 4.22. The summed E-state index contributed by atoms with van der Waals surface area (Å²) in [5.74, 6) is -0.589. The summed E-state index contributed by atoms with van der Waals surface area (Å²) >= 11 is 6.58. The number of aromatic nitrogens is 2. The van der Waals surface area contributed by atoms with Crippen molar-refractivity contribution in [1.82, 2.24) is 9.38 Å². The quantitative estimate of drug-likeness (QED) is 0.423. The molecule has 0 atom stereocenters. The largest absolute Gasteiger partial charge is 0.367 e. The molecule has 0 bridgehead atoms. The smallest absolute Gasteiger partial charge is 0.358 e. The Morgan fingerprint density at radius 3 is 2.38 bits per heavy atom. The summed E-state index contributed by atoms with van der Waals surface area (Å²) in [7, 11) is -4.13. The van der Waals surface area contributed by atoms with Gasteiger partial charge in [-0.3, -0.25) is 0 Å². The van der Waals surface area contributed by atoms with Gasteiger partial charge in [0.15, 0.2) is 0 Å². The molecular weight excluding hydrogens is 466 g/mol. The minimum absolute atomic E-state index is 0.0515. The predicted molar refractivity (Wildman–Crippen MR) is 93.9 cm³/mol. The molecule has 0 saturated carbocycles. The number of nitrogens with zero attached hydrogens (tertiary/aromatic N) is 3. The molecule has 0 saturated heterocycles. The van der Waals surface area contributed by atoms with Crippen molar-refractivity contribution in [3.63, 3.8) is 0 Å². The van der Waals surface area contributed by atoms with E-state index in [1.54, 1.807) is 31.2 Å². The number of aryl methyl sites for hydroxylation is 1. The fourth-order valence-corrected chi connectivity index (χ4v) is 4.87. The SMILES string of the molecule is Cc1c(Br)cc(Br)c2nc(S(=O)(=O)c3ccccc3)c([N+](=O)[O-])n12. The van der Waals surface area contributed by atoms with Gasteiger partial charge in [-0.25, -0.2) is 8.42 Å². The molecule has 1 aromatic carbocycles. The van der Waals surface area contributed by atoms with E-state index in [9.17, 15) is 18.5 Å². The van der Waals surface area contributed by atoms with Crippen LogP contribution in [0.4, 0.5) is 5.82 Å². The van der Waals surface area contributed by atoms with Crippen LogP contribution in [0.25, 0.3) is 5.65 Å². The fraction of sp³-hybridized carbons (Fsp3) is 0.0714. The lowest BCUT2D eigenvalue weighted by Gasteiger charge is -2.03. The molecule has 0 radical (unpaired) electrons. The van der Waals surface area contributed by atoms with Crippen molar-refractivity contribution in [2.24, 2.45) is 0 Å². The first-order chi connectivity index (χ1) is 11.2. The topological polar surface area (TPSA) is 94.6 Å². The van der Waals surface area contributed by atoms with E-state index >= 15 is 0 Å². The summed E-state index contributed by atoms with van der Waals surface area (Å²) in [5, 5.41) is 11.0. The monoisotopic (exact) mass is 473 g/mol. The number of hydrogen-bond acceptors (Lipinski definition) is 5. The number of fused-ring (bicyclic) bond motifs is 1. The van der Waals surface area contributed by atoms with Crippen molar-refractivity contribution in [1.29, 1.82) is 0 Å². The van der Waals surface area contributed by atoms with Gasteiger partial charge in [0.25, 0.3) is 5.03 Å². The highest BCUT2D eigenvalue weighted by Crippen LogP contribution is 2.35. The third-order valence-electron chi connectivity index (χ3n) is 3.45. The van der Waals surface area contributed by atoms with Crippen LogP contribution >= 0.6 is 31.9 Å². The second-order valence-electron chi connectivity index (χ2n) is 4.90. The molecule has 124 valence electrons. The maximum Gasteiger partial charge on any atom is 0.367 e. The first-order valence-electron chi connectivity index (χ1n) is 6.56. The van der Waals surface area contributed by atoms with Crippen LogP contribution in [0.2, 0.25) is 0 Å². The highest BCUT2D eigenvalue weighted by molar-refractivity contribution is 9.11. The van der Waals surface area contributed by atoms with E-state index < -0.39 is 25.6 Å². The molecule has 3 aromatic rings. The molecule has 0 unspecified atom stereocenters. The minimum Gasteiger partial charge on any atom is -0.358 e. The van der Waals surface area contributed by atoms with Crippen LogP contribution in [0.15, 0.2) is 55.3 Å². The number of nitro groups is 1. The lowest BCUT2D eigenvalue weighted by Crippen LogP contribution is -2.07. The molecule has 0 fully saturated rings. The van der Waals surface area contributed by atoms with Gasteiger partial charge in [-0.15, -0.1) is 0 Å². The number of benzene rings is 1. The van der Waals surface area contributed by atoms with E-state index in [2.05, 4.69) is 36.8 Å². The molecular formula is C14H9Br2N3O4S. The maximum absolute atomic E-state index is 12.8. The highest BCUT2D eigenvalue weighted by atomic mass is 79.9. The van der Waals surface area contributed by atoms with Gasteiger partial charge >= 0.3 is 5.82 Å². The van der Waals surface area contributed by atoms with Crippen LogP contribution in [0.5, 0.6) is 0 Å². The molecule has 24 heavy (non-hydrogen) atoms. The summed E-state index contributed by atoms with van der Waals surface area (Å²) in [6.07, 6.45) is 0. The Hall–Kier alpha value is -1.78. The zero-order valence-electron chi connectivity index (χ0n) is 12.1. The van der Waals surface area contributed by atoms with E-state index in [4.69, 9.17) is 0 Å². The van der Waals surface area contributed by atoms with Crippen molar-refractivity contribution >= 4 is 53.2 Å². The van der Waals surface area contributed by atoms with Crippen LogP contribution in [-0.4, -0.2) is 22.7 Å². The van der Waals surface area contributed by atoms with Crippen molar-refractivity contribution in [3.05, 3.63) is 61.2 Å². The van der Waals surface area contributed by atoms with Crippen LogP contribution in [0.1, 0.15) is 5.69 Å². The average Bonchev–Trinajstić information content (AvgIpc) is 2.96. The summed E-state index contributed by atoms with van der Waals surface area (Å²) in [6, 6.07) is 9.18. The van der Waals surface area contributed by atoms with Crippen LogP contribution in [0, 0.1) is 17.0 Å². The van der Waals surface area contributed by atoms with Crippen molar-refractivity contribution in [2.75, 3.05) is 0 Å². The molecule has 0 aliphatic heterocycles. The van der Waals surface area contributed by atoms with Crippen LogP contribution < -0.4 is 0 Å². The molecule has 10 heteroatoms. The fourth-order valence-electron chi connectivity index (χ4n) is 2.31. The van der Waals surface area contributed by atoms with Gasteiger partial charge in [0.1, 0.15) is 5.69 Å². The molecule has 0 aliphatic carbocycles. The Labute approximate surface area is 153 Å². The van der Waals surface area contributed by atoms with E-state index in [1.165, 1.54) is 16.5 Å². The Morgan fingerprint density at radius 2 is 1.79 bits per heavy atom. The Balaban J connectivity index is 2.46. The van der Waals surface area contributed by atoms with E-state index in [-0.39, 0.29) is 10.5 Å². The number of pyridine rings is 1. The summed E-state index contributed by atoms with van der Waals surface area (Å²) in [4.78, 5) is 14.9. The molecule has 2 aromatic heterocycles.